The fourth-order valence-corrected chi connectivity index (χ4v) is 1.74. The molecular weight excluding hydrogens is 289 g/mol. The summed E-state index contributed by atoms with van der Waals surface area (Å²) in [5, 5.41) is 5.72. The second kappa shape index (κ2) is 4.91. The van der Waals surface area contributed by atoms with Crippen LogP contribution < -0.4 is 16.4 Å². The zero-order valence-electron chi connectivity index (χ0n) is 9.09. The number of nitrogens with two attached hydrogens (primary N) is 1. The van der Waals surface area contributed by atoms with E-state index in [1.54, 1.807) is 0 Å². The highest BCUT2D eigenvalue weighted by atomic mass is 79.9. The van der Waals surface area contributed by atoms with E-state index in [-0.39, 0.29) is 18.1 Å². The van der Waals surface area contributed by atoms with E-state index >= 15 is 0 Å². The minimum Gasteiger partial charge on any atom is -0.397 e. The van der Waals surface area contributed by atoms with Gasteiger partial charge in [-0.3, -0.25) is 4.79 Å². The molecule has 1 aliphatic rings. The van der Waals surface area contributed by atoms with Crippen LogP contribution >= 0.6 is 15.9 Å². The lowest BCUT2D eigenvalue weighted by molar-refractivity contribution is -0.119. The summed E-state index contributed by atoms with van der Waals surface area (Å²) in [5.41, 5.74) is 6.46. The van der Waals surface area contributed by atoms with Gasteiger partial charge < -0.3 is 16.4 Å². The Bertz CT molecular complexity index is 449. The van der Waals surface area contributed by atoms with Crippen LogP contribution in [0.3, 0.4) is 0 Å². The average molecular weight is 302 g/mol. The second-order valence-electron chi connectivity index (χ2n) is 4.05. The van der Waals surface area contributed by atoms with Crippen LogP contribution in [0.5, 0.6) is 0 Å². The lowest BCUT2D eigenvalue weighted by Crippen LogP contribution is -2.31. The Hall–Kier alpha value is -1.30. The van der Waals surface area contributed by atoms with Gasteiger partial charge >= 0.3 is 0 Å². The van der Waals surface area contributed by atoms with Crippen molar-refractivity contribution >= 4 is 33.2 Å². The number of hydrogen-bond donors (Lipinski definition) is 3. The number of amides is 1. The van der Waals surface area contributed by atoms with Crippen LogP contribution in [0.15, 0.2) is 16.6 Å². The molecule has 0 bridgehead atoms. The molecule has 17 heavy (non-hydrogen) atoms. The van der Waals surface area contributed by atoms with E-state index in [4.69, 9.17) is 5.73 Å². The first-order valence-electron chi connectivity index (χ1n) is 5.34. The molecule has 92 valence electrons. The zero-order valence-corrected chi connectivity index (χ0v) is 10.7. The Morgan fingerprint density at radius 3 is 2.88 bits per heavy atom. The summed E-state index contributed by atoms with van der Waals surface area (Å²) in [6.07, 6.45) is 2.10. The smallest absolute Gasteiger partial charge is 0.239 e. The van der Waals surface area contributed by atoms with Crippen molar-refractivity contribution in [3.8, 4) is 0 Å². The molecule has 1 fully saturated rings. The third kappa shape index (κ3) is 3.33. The maximum atomic E-state index is 13.1. The minimum absolute atomic E-state index is 0.0765. The van der Waals surface area contributed by atoms with Gasteiger partial charge in [-0.25, -0.2) is 4.39 Å². The monoisotopic (exact) mass is 301 g/mol. The summed E-state index contributed by atoms with van der Waals surface area (Å²) in [6, 6.07) is 3.07. The molecular formula is C11H13BrFN3O. The summed E-state index contributed by atoms with van der Waals surface area (Å²) in [5.74, 6) is -0.497. The van der Waals surface area contributed by atoms with E-state index in [1.165, 1.54) is 12.1 Å². The Labute approximate surface area is 107 Å². The highest BCUT2D eigenvalue weighted by molar-refractivity contribution is 9.10. The minimum atomic E-state index is -0.421. The van der Waals surface area contributed by atoms with Gasteiger partial charge in [0.1, 0.15) is 5.82 Å². The predicted octanol–water partition coefficient (Wildman–Crippen LogP) is 1.86. The molecule has 1 saturated carbocycles. The van der Waals surface area contributed by atoms with Crippen molar-refractivity contribution in [2.75, 3.05) is 17.6 Å². The van der Waals surface area contributed by atoms with Crippen LogP contribution in [0.4, 0.5) is 15.8 Å². The van der Waals surface area contributed by atoms with E-state index in [1.807, 2.05) is 0 Å². The molecule has 1 aliphatic carbocycles. The number of nitrogens with one attached hydrogen (secondary N) is 2. The van der Waals surface area contributed by atoms with E-state index < -0.39 is 5.82 Å². The SMILES string of the molecule is Nc1cc(F)c(Br)cc1NCC(=O)NC1CC1. The zero-order chi connectivity index (χ0) is 12.4. The highest BCUT2D eigenvalue weighted by Gasteiger charge is 2.22. The van der Waals surface area contributed by atoms with Crippen molar-refractivity contribution in [1.29, 1.82) is 0 Å². The average Bonchev–Trinajstić information content (AvgIpc) is 3.05. The van der Waals surface area contributed by atoms with Gasteiger partial charge in [-0.15, -0.1) is 0 Å². The van der Waals surface area contributed by atoms with Gasteiger partial charge in [0.25, 0.3) is 0 Å². The molecule has 0 heterocycles. The van der Waals surface area contributed by atoms with Crippen LogP contribution in [-0.4, -0.2) is 18.5 Å². The number of carbonyl (C=O) groups is 1. The number of nitrogen functional groups attached to an aromatic ring is 1. The molecule has 1 aromatic rings. The molecule has 1 amide bonds. The normalized spacial score (nSPS) is 14.5. The van der Waals surface area contributed by atoms with Gasteiger partial charge in [-0.05, 0) is 34.8 Å². The van der Waals surface area contributed by atoms with Crippen molar-refractivity contribution in [2.24, 2.45) is 0 Å². The first kappa shape index (κ1) is 12.2. The summed E-state index contributed by atoms with van der Waals surface area (Å²) in [6.45, 7) is 0.138. The first-order chi connectivity index (χ1) is 8.06. The number of halogens is 2. The van der Waals surface area contributed by atoms with Gasteiger partial charge in [0, 0.05) is 12.1 Å². The maximum absolute atomic E-state index is 13.1. The number of hydrogen-bond acceptors (Lipinski definition) is 3. The molecule has 0 aliphatic heterocycles. The van der Waals surface area contributed by atoms with Gasteiger partial charge in [-0.2, -0.15) is 0 Å². The third-order valence-electron chi connectivity index (χ3n) is 2.47. The second-order valence-corrected chi connectivity index (χ2v) is 4.90. The molecule has 0 aromatic heterocycles. The quantitative estimate of drug-likeness (QED) is 0.744. The molecule has 4 nitrogen and oxygen atoms in total. The molecule has 0 saturated heterocycles. The maximum Gasteiger partial charge on any atom is 0.239 e. The van der Waals surface area contributed by atoms with Crippen molar-refractivity contribution in [3.05, 3.63) is 22.4 Å². The van der Waals surface area contributed by atoms with E-state index in [0.717, 1.165) is 12.8 Å². The summed E-state index contributed by atoms with van der Waals surface area (Å²) in [7, 11) is 0. The van der Waals surface area contributed by atoms with Crippen LogP contribution in [-0.2, 0) is 4.79 Å². The molecule has 4 N–H and O–H groups in total. The molecule has 2 rings (SSSR count). The van der Waals surface area contributed by atoms with E-state index in [2.05, 4.69) is 26.6 Å². The van der Waals surface area contributed by atoms with E-state index in [0.29, 0.717) is 16.2 Å². The Balaban J connectivity index is 1.93. The highest BCUT2D eigenvalue weighted by Crippen LogP contribution is 2.26. The number of rotatable bonds is 4. The molecule has 6 heteroatoms. The fourth-order valence-electron chi connectivity index (χ4n) is 1.40. The van der Waals surface area contributed by atoms with Gasteiger partial charge in [-0.1, -0.05) is 0 Å². The summed E-state index contributed by atoms with van der Waals surface area (Å²) in [4.78, 5) is 11.4. The number of carbonyl (C=O) groups excluding carboxylic acids is 1. The lowest BCUT2D eigenvalue weighted by Gasteiger charge is -2.10. The number of anilines is 2. The van der Waals surface area contributed by atoms with E-state index in [9.17, 15) is 9.18 Å². The van der Waals surface area contributed by atoms with Crippen molar-refractivity contribution in [2.45, 2.75) is 18.9 Å². The van der Waals surface area contributed by atoms with Crippen molar-refractivity contribution in [3.63, 3.8) is 0 Å². The Morgan fingerprint density at radius 1 is 1.53 bits per heavy atom. The topological polar surface area (TPSA) is 67.1 Å². The molecule has 0 spiro atoms. The standard InChI is InChI=1S/C11H13BrFN3O/c12-7-3-10(9(14)4-8(7)13)15-5-11(17)16-6-1-2-6/h3-4,6,15H,1-2,5,14H2,(H,16,17). The Kier molecular flexibility index (Phi) is 3.51. The van der Waals surface area contributed by atoms with Crippen LogP contribution in [0.1, 0.15) is 12.8 Å². The van der Waals surface area contributed by atoms with Gasteiger partial charge in [0.05, 0.1) is 22.4 Å². The van der Waals surface area contributed by atoms with Crippen molar-refractivity contribution < 1.29 is 9.18 Å². The predicted molar refractivity (Wildman–Crippen MR) is 68.2 cm³/mol. The van der Waals surface area contributed by atoms with Crippen LogP contribution in [0.2, 0.25) is 0 Å². The lowest BCUT2D eigenvalue weighted by atomic mass is 10.2. The molecule has 1 aromatic carbocycles. The Morgan fingerprint density at radius 2 is 2.24 bits per heavy atom. The summed E-state index contributed by atoms with van der Waals surface area (Å²) < 4.78 is 13.4. The van der Waals surface area contributed by atoms with Gasteiger partial charge in [0.15, 0.2) is 0 Å². The molecule has 0 unspecified atom stereocenters. The fraction of sp³-hybridized carbons (Fsp3) is 0.364. The largest absolute Gasteiger partial charge is 0.397 e. The summed E-state index contributed by atoms with van der Waals surface area (Å²) >= 11 is 3.07. The van der Waals surface area contributed by atoms with Gasteiger partial charge in [0.2, 0.25) is 5.91 Å². The first-order valence-corrected chi connectivity index (χ1v) is 6.13. The number of benzene rings is 1. The molecule has 0 radical (unpaired) electrons. The van der Waals surface area contributed by atoms with Crippen LogP contribution in [0, 0.1) is 5.82 Å². The third-order valence-corrected chi connectivity index (χ3v) is 3.08. The van der Waals surface area contributed by atoms with Crippen molar-refractivity contribution in [1.82, 2.24) is 5.32 Å². The van der Waals surface area contributed by atoms with Crippen LogP contribution in [0.25, 0.3) is 0 Å². The molecule has 0 atom stereocenters.